The van der Waals surface area contributed by atoms with Gasteiger partial charge in [0.15, 0.2) is 0 Å². The van der Waals surface area contributed by atoms with E-state index in [4.69, 9.17) is 0 Å². The Morgan fingerprint density at radius 3 is 2.31 bits per heavy atom. The standard InChI is InChI=1S/C14H23NO/c1-4-11(2)15-14(10-16)12(3)13-8-6-5-7-9-13/h5-9,11-12,14-16H,4,10H2,1-3H3. The molecule has 3 atom stereocenters. The van der Waals surface area contributed by atoms with Crippen LogP contribution in [0.3, 0.4) is 0 Å². The molecule has 0 radical (unpaired) electrons. The maximum atomic E-state index is 9.44. The van der Waals surface area contributed by atoms with E-state index < -0.39 is 0 Å². The quantitative estimate of drug-likeness (QED) is 0.773. The van der Waals surface area contributed by atoms with Gasteiger partial charge in [-0.3, -0.25) is 0 Å². The van der Waals surface area contributed by atoms with Crippen LogP contribution < -0.4 is 5.32 Å². The second kappa shape index (κ2) is 6.66. The van der Waals surface area contributed by atoms with E-state index >= 15 is 0 Å². The Labute approximate surface area is 98.7 Å². The first kappa shape index (κ1) is 13.2. The van der Waals surface area contributed by atoms with Crippen LogP contribution in [0.2, 0.25) is 0 Å². The van der Waals surface area contributed by atoms with Crippen LogP contribution in [0.1, 0.15) is 38.7 Å². The molecule has 2 N–H and O–H groups in total. The van der Waals surface area contributed by atoms with Crippen molar-refractivity contribution in [1.82, 2.24) is 5.32 Å². The first-order valence-electron chi connectivity index (χ1n) is 6.10. The van der Waals surface area contributed by atoms with Crippen molar-refractivity contribution in [2.24, 2.45) is 0 Å². The van der Waals surface area contributed by atoms with Crippen LogP contribution in [0.15, 0.2) is 30.3 Å². The minimum Gasteiger partial charge on any atom is -0.395 e. The fourth-order valence-electron chi connectivity index (χ4n) is 1.83. The molecule has 0 saturated heterocycles. The van der Waals surface area contributed by atoms with Gasteiger partial charge in [-0.15, -0.1) is 0 Å². The van der Waals surface area contributed by atoms with Gasteiger partial charge in [-0.1, -0.05) is 44.2 Å². The molecule has 0 saturated carbocycles. The van der Waals surface area contributed by atoms with Gasteiger partial charge in [0.05, 0.1) is 6.61 Å². The smallest absolute Gasteiger partial charge is 0.0590 e. The lowest BCUT2D eigenvalue weighted by Gasteiger charge is -2.26. The maximum Gasteiger partial charge on any atom is 0.0590 e. The largest absolute Gasteiger partial charge is 0.395 e. The average molecular weight is 221 g/mol. The minimum atomic E-state index is 0.136. The van der Waals surface area contributed by atoms with Crippen LogP contribution in [-0.4, -0.2) is 23.8 Å². The molecular weight excluding hydrogens is 198 g/mol. The number of nitrogens with one attached hydrogen (secondary N) is 1. The third-order valence-corrected chi connectivity index (χ3v) is 3.24. The molecule has 0 bridgehead atoms. The molecule has 0 heterocycles. The van der Waals surface area contributed by atoms with Crippen LogP contribution in [0, 0.1) is 0 Å². The average Bonchev–Trinajstić information content (AvgIpc) is 2.35. The maximum absolute atomic E-state index is 9.44. The summed E-state index contributed by atoms with van der Waals surface area (Å²) in [6.45, 7) is 6.64. The van der Waals surface area contributed by atoms with E-state index in [1.807, 2.05) is 18.2 Å². The van der Waals surface area contributed by atoms with Crippen molar-refractivity contribution in [3.63, 3.8) is 0 Å². The Morgan fingerprint density at radius 2 is 1.81 bits per heavy atom. The van der Waals surface area contributed by atoms with Gasteiger partial charge in [0.2, 0.25) is 0 Å². The summed E-state index contributed by atoms with van der Waals surface area (Å²) in [5.74, 6) is 0.334. The summed E-state index contributed by atoms with van der Waals surface area (Å²) in [5, 5.41) is 12.9. The molecule has 90 valence electrons. The monoisotopic (exact) mass is 221 g/mol. The lowest BCUT2D eigenvalue weighted by atomic mass is 9.93. The minimum absolute atomic E-state index is 0.136. The van der Waals surface area contributed by atoms with Gasteiger partial charge < -0.3 is 10.4 Å². The fraction of sp³-hybridized carbons (Fsp3) is 0.571. The SMILES string of the molecule is CCC(C)NC(CO)C(C)c1ccccc1. The van der Waals surface area contributed by atoms with Gasteiger partial charge >= 0.3 is 0 Å². The van der Waals surface area contributed by atoms with Gasteiger partial charge in [0, 0.05) is 12.1 Å². The number of aliphatic hydroxyl groups excluding tert-OH is 1. The summed E-state index contributed by atoms with van der Waals surface area (Å²) in [6.07, 6.45) is 1.08. The summed E-state index contributed by atoms with van der Waals surface area (Å²) < 4.78 is 0. The predicted molar refractivity (Wildman–Crippen MR) is 68.6 cm³/mol. The Morgan fingerprint density at radius 1 is 1.19 bits per heavy atom. The highest BCUT2D eigenvalue weighted by molar-refractivity contribution is 5.20. The Balaban J connectivity index is 2.66. The lowest BCUT2D eigenvalue weighted by Crippen LogP contribution is -2.42. The molecule has 0 amide bonds. The highest BCUT2D eigenvalue weighted by atomic mass is 16.3. The first-order valence-corrected chi connectivity index (χ1v) is 6.10. The predicted octanol–water partition coefficient (Wildman–Crippen LogP) is 2.54. The summed E-state index contributed by atoms with van der Waals surface area (Å²) in [6, 6.07) is 10.9. The zero-order valence-electron chi connectivity index (χ0n) is 10.5. The third-order valence-electron chi connectivity index (χ3n) is 3.24. The van der Waals surface area contributed by atoms with Gasteiger partial charge in [-0.25, -0.2) is 0 Å². The van der Waals surface area contributed by atoms with Crippen molar-refractivity contribution in [1.29, 1.82) is 0 Å². The van der Waals surface area contributed by atoms with Crippen molar-refractivity contribution in [2.45, 2.75) is 45.2 Å². The molecule has 3 unspecified atom stereocenters. The molecule has 0 aliphatic carbocycles. The van der Waals surface area contributed by atoms with Crippen molar-refractivity contribution in [2.75, 3.05) is 6.61 Å². The van der Waals surface area contributed by atoms with Gasteiger partial charge in [0.1, 0.15) is 0 Å². The van der Waals surface area contributed by atoms with Crippen molar-refractivity contribution < 1.29 is 5.11 Å². The van der Waals surface area contributed by atoms with E-state index in [1.54, 1.807) is 0 Å². The van der Waals surface area contributed by atoms with E-state index in [2.05, 4.69) is 38.2 Å². The molecule has 0 spiro atoms. The molecule has 1 aromatic rings. The van der Waals surface area contributed by atoms with Crippen LogP contribution in [0.25, 0.3) is 0 Å². The Kier molecular flexibility index (Phi) is 5.50. The van der Waals surface area contributed by atoms with Gasteiger partial charge in [-0.2, -0.15) is 0 Å². The second-order valence-electron chi connectivity index (χ2n) is 4.46. The fourth-order valence-corrected chi connectivity index (χ4v) is 1.83. The molecule has 0 aliphatic heterocycles. The van der Waals surface area contributed by atoms with E-state index in [9.17, 15) is 5.11 Å². The van der Waals surface area contributed by atoms with E-state index in [0.717, 1.165) is 6.42 Å². The van der Waals surface area contributed by atoms with E-state index in [-0.39, 0.29) is 12.6 Å². The zero-order valence-corrected chi connectivity index (χ0v) is 10.5. The molecule has 0 aromatic heterocycles. The molecule has 2 nitrogen and oxygen atoms in total. The summed E-state index contributed by atoms with van der Waals surface area (Å²) in [7, 11) is 0. The molecule has 1 aromatic carbocycles. The molecule has 0 fully saturated rings. The molecule has 16 heavy (non-hydrogen) atoms. The van der Waals surface area contributed by atoms with Crippen molar-refractivity contribution in [3.8, 4) is 0 Å². The normalized spacial score (nSPS) is 16.8. The third kappa shape index (κ3) is 3.62. The Hall–Kier alpha value is -0.860. The number of benzene rings is 1. The van der Waals surface area contributed by atoms with Crippen LogP contribution in [0.5, 0.6) is 0 Å². The van der Waals surface area contributed by atoms with Crippen LogP contribution in [-0.2, 0) is 0 Å². The number of hydrogen-bond donors (Lipinski definition) is 2. The van der Waals surface area contributed by atoms with Gasteiger partial charge in [-0.05, 0) is 24.8 Å². The molecule has 2 heteroatoms. The van der Waals surface area contributed by atoms with Crippen LogP contribution >= 0.6 is 0 Å². The number of hydrogen-bond acceptors (Lipinski definition) is 2. The van der Waals surface area contributed by atoms with E-state index in [1.165, 1.54) is 5.56 Å². The van der Waals surface area contributed by atoms with Crippen molar-refractivity contribution in [3.05, 3.63) is 35.9 Å². The van der Waals surface area contributed by atoms with Gasteiger partial charge in [0.25, 0.3) is 0 Å². The molecule has 0 aliphatic rings. The second-order valence-corrected chi connectivity index (χ2v) is 4.46. The highest BCUT2D eigenvalue weighted by Gasteiger charge is 2.18. The lowest BCUT2D eigenvalue weighted by molar-refractivity contribution is 0.216. The Bertz CT molecular complexity index is 286. The summed E-state index contributed by atoms with van der Waals surface area (Å²) in [5.41, 5.74) is 1.28. The molecule has 1 rings (SSSR count). The topological polar surface area (TPSA) is 32.3 Å². The molecular formula is C14H23NO. The van der Waals surface area contributed by atoms with Crippen molar-refractivity contribution >= 4 is 0 Å². The summed E-state index contributed by atoms with van der Waals surface area (Å²) in [4.78, 5) is 0. The number of rotatable bonds is 6. The highest BCUT2D eigenvalue weighted by Crippen LogP contribution is 2.19. The first-order chi connectivity index (χ1) is 7.69. The summed E-state index contributed by atoms with van der Waals surface area (Å²) >= 11 is 0. The van der Waals surface area contributed by atoms with Crippen LogP contribution in [0.4, 0.5) is 0 Å². The van der Waals surface area contributed by atoms with E-state index in [0.29, 0.717) is 12.0 Å². The zero-order chi connectivity index (χ0) is 12.0. The number of aliphatic hydroxyl groups is 1.